The van der Waals surface area contributed by atoms with Crippen LogP contribution in [0.2, 0.25) is 0 Å². The second-order valence-corrected chi connectivity index (χ2v) is 4.17. The molecule has 3 N–H and O–H groups in total. The molecule has 17 heavy (non-hydrogen) atoms. The molecule has 1 aromatic rings. The molecule has 1 aromatic carbocycles. The Hall–Kier alpha value is -1.46. The van der Waals surface area contributed by atoms with Crippen LogP contribution in [0.25, 0.3) is 0 Å². The number of aliphatic hydroxyl groups excluding tert-OH is 1. The first-order chi connectivity index (χ1) is 8.11. The van der Waals surface area contributed by atoms with Crippen molar-refractivity contribution in [3.8, 4) is 0 Å². The van der Waals surface area contributed by atoms with E-state index in [0.717, 1.165) is 5.56 Å². The van der Waals surface area contributed by atoms with E-state index in [2.05, 4.69) is 0 Å². The molecule has 1 heterocycles. The molecule has 0 bridgehead atoms. The standard InChI is InChI=1S/C12H15FN2O2/c13-9-2-3-11-8(5-9)1-4-12(17)15(11)7-10(16)6-14/h2-3,5,10,16H,1,4,6-7,14H2/t10-/m0/s1. The Balaban J connectivity index is 2.30. The van der Waals surface area contributed by atoms with Crippen LogP contribution in [0, 0.1) is 5.82 Å². The predicted molar refractivity (Wildman–Crippen MR) is 62.1 cm³/mol. The number of aryl methyl sites for hydroxylation is 1. The average Bonchev–Trinajstić information content (AvgIpc) is 2.32. The monoisotopic (exact) mass is 238 g/mol. The number of amides is 1. The van der Waals surface area contributed by atoms with Crippen molar-refractivity contribution in [2.75, 3.05) is 18.0 Å². The fourth-order valence-corrected chi connectivity index (χ4v) is 2.01. The van der Waals surface area contributed by atoms with Gasteiger partial charge in [-0.3, -0.25) is 4.79 Å². The molecule has 1 aliphatic rings. The van der Waals surface area contributed by atoms with Crippen molar-refractivity contribution in [1.29, 1.82) is 0 Å². The zero-order chi connectivity index (χ0) is 12.4. The summed E-state index contributed by atoms with van der Waals surface area (Å²) in [5.74, 6) is -0.367. The lowest BCUT2D eigenvalue weighted by molar-refractivity contribution is -0.119. The van der Waals surface area contributed by atoms with E-state index < -0.39 is 6.10 Å². The van der Waals surface area contributed by atoms with Gasteiger partial charge < -0.3 is 15.7 Å². The number of benzene rings is 1. The van der Waals surface area contributed by atoms with Crippen molar-refractivity contribution >= 4 is 11.6 Å². The van der Waals surface area contributed by atoms with Crippen molar-refractivity contribution in [3.05, 3.63) is 29.6 Å². The van der Waals surface area contributed by atoms with E-state index in [9.17, 15) is 14.3 Å². The summed E-state index contributed by atoms with van der Waals surface area (Å²) in [5, 5.41) is 9.52. The van der Waals surface area contributed by atoms with E-state index >= 15 is 0 Å². The van der Waals surface area contributed by atoms with Crippen LogP contribution in [0.4, 0.5) is 10.1 Å². The van der Waals surface area contributed by atoms with Gasteiger partial charge in [-0.05, 0) is 30.2 Å². The fraction of sp³-hybridized carbons (Fsp3) is 0.417. The highest BCUT2D eigenvalue weighted by Gasteiger charge is 2.25. The second kappa shape index (κ2) is 4.81. The third-order valence-electron chi connectivity index (χ3n) is 2.91. The molecule has 0 saturated carbocycles. The number of fused-ring (bicyclic) bond motifs is 1. The average molecular weight is 238 g/mol. The van der Waals surface area contributed by atoms with Crippen molar-refractivity contribution < 1.29 is 14.3 Å². The highest BCUT2D eigenvalue weighted by Crippen LogP contribution is 2.28. The van der Waals surface area contributed by atoms with E-state index in [1.807, 2.05) is 0 Å². The van der Waals surface area contributed by atoms with Crippen LogP contribution in [-0.2, 0) is 11.2 Å². The van der Waals surface area contributed by atoms with Gasteiger partial charge in [0.25, 0.3) is 0 Å². The molecular formula is C12H15FN2O2. The maximum absolute atomic E-state index is 13.1. The molecule has 92 valence electrons. The van der Waals surface area contributed by atoms with E-state index in [1.165, 1.54) is 17.0 Å². The maximum atomic E-state index is 13.1. The minimum atomic E-state index is -0.755. The van der Waals surface area contributed by atoms with Gasteiger partial charge in [0.1, 0.15) is 5.82 Å². The molecular weight excluding hydrogens is 223 g/mol. The number of carbonyl (C=O) groups excluding carboxylic acids is 1. The van der Waals surface area contributed by atoms with Gasteiger partial charge >= 0.3 is 0 Å². The minimum Gasteiger partial charge on any atom is -0.390 e. The summed E-state index contributed by atoms with van der Waals surface area (Å²) in [6, 6.07) is 4.33. The first-order valence-electron chi connectivity index (χ1n) is 5.58. The first kappa shape index (κ1) is 12.0. The lowest BCUT2D eigenvalue weighted by Crippen LogP contribution is -2.42. The molecule has 0 aliphatic carbocycles. The normalized spacial score (nSPS) is 16.9. The largest absolute Gasteiger partial charge is 0.390 e. The fourth-order valence-electron chi connectivity index (χ4n) is 2.01. The smallest absolute Gasteiger partial charge is 0.227 e. The van der Waals surface area contributed by atoms with Crippen LogP contribution in [0.3, 0.4) is 0 Å². The Morgan fingerprint density at radius 1 is 1.47 bits per heavy atom. The number of aliphatic hydroxyl groups is 1. The zero-order valence-electron chi connectivity index (χ0n) is 9.40. The van der Waals surface area contributed by atoms with Crippen molar-refractivity contribution in [2.24, 2.45) is 5.73 Å². The van der Waals surface area contributed by atoms with Gasteiger partial charge in [0.2, 0.25) is 5.91 Å². The molecule has 0 radical (unpaired) electrons. The molecule has 0 saturated heterocycles. The zero-order valence-corrected chi connectivity index (χ0v) is 9.40. The van der Waals surface area contributed by atoms with Gasteiger partial charge in [-0.15, -0.1) is 0 Å². The number of rotatable bonds is 3. The number of nitrogens with zero attached hydrogens (tertiary/aromatic N) is 1. The SMILES string of the molecule is NC[C@H](O)CN1C(=O)CCc2cc(F)ccc21. The molecule has 0 spiro atoms. The molecule has 0 aromatic heterocycles. The van der Waals surface area contributed by atoms with Crippen molar-refractivity contribution in [1.82, 2.24) is 0 Å². The van der Waals surface area contributed by atoms with Crippen LogP contribution < -0.4 is 10.6 Å². The molecule has 1 amide bonds. The Morgan fingerprint density at radius 3 is 2.94 bits per heavy atom. The van der Waals surface area contributed by atoms with E-state index in [0.29, 0.717) is 18.5 Å². The first-order valence-corrected chi connectivity index (χ1v) is 5.58. The Bertz CT molecular complexity index is 437. The molecule has 4 nitrogen and oxygen atoms in total. The van der Waals surface area contributed by atoms with Gasteiger partial charge in [0.05, 0.1) is 12.6 Å². The number of nitrogens with two attached hydrogens (primary N) is 1. The van der Waals surface area contributed by atoms with Crippen LogP contribution in [-0.4, -0.2) is 30.2 Å². The van der Waals surface area contributed by atoms with Gasteiger partial charge in [-0.2, -0.15) is 0 Å². The highest BCUT2D eigenvalue weighted by molar-refractivity contribution is 5.96. The summed E-state index contributed by atoms with van der Waals surface area (Å²) in [7, 11) is 0. The van der Waals surface area contributed by atoms with Crippen LogP contribution >= 0.6 is 0 Å². The van der Waals surface area contributed by atoms with Gasteiger partial charge in [0, 0.05) is 18.7 Å². The number of anilines is 1. The highest BCUT2D eigenvalue weighted by atomic mass is 19.1. The number of β-amino-alcohol motifs (C(OH)–C–C–N with tert-alkyl or cyclic N) is 1. The van der Waals surface area contributed by atoms with E-state index in [-0.39, 0.29) is 24.8 Å². The van der Waals surface area contributed by atoms with Crippen LogP contribution in [0.5, 0.6) is 0 Å². The molecule has 1 aliphatic heterocycles. The summed E-state index contributed by atoms with van der Waals surface area (Å²) in [5.41, 5.74) is 6.81. The van der Waals surface area contributed by atoms with E-state index in [4.69, 9.17) is 5.73 Å². The molecule has 5 heteroatoms. The summed E-state index contributed by atoms with van der Waals surface area (Å²) in [6.45, 7) is 0.258. The maximum Gasteiger partial charge on any atom is 0.227 e. The van der Waals surface area contributed by atoms with E-state index in [1.54, 1.807) is 6.07 Å². The number of carbonyl (C=O) groups is 1. The molecule has 0 fully saturated rings. The number of hydrogen-bond acceptors (Lipinski definition) is 3. The lowest BCUT2D eigenvalue weighted by Gasteiger charge is -2.30. The summed E-state index contributed by atoms with van der Waals surface area (Å²) in [6.07, 6.45) is 0.129. The third-order valence-corrected chi connectivity index (χ3v) is 2.91. The van der Waals surface area contributed by atoms with Crippen LogP contribution in [0.1, 0.15) is 12.0 Å². The molecule has 2 rings (SSSR count). The van der Waals surface area contributed by atoms with Crippen LogP contribution in [0.15, 0.2) is 18.2 Å². The Morgan fingerprint density at radius 2 is 2.24 bits per heavy atom. The predicted octanol–water partition coefficient (Wildman–Crippen LogP) is 0.424. The molecule has 1 atom stereocenters. The summed E-state index contributed by atoms with van der Waals surface area (Å²) >= 11 is 0. The van der Waals surface area contributed by atoms with Gasteiger partial charge in [-0.1, -0.05) is 0 Å². The number of hydrogen-bond donors (Lipinski definition) is 2. The second-order valence-electron chi connectivity index (χ2n) is 4.17. The quantitative estimate of drug-likeness (QED) is 0.802. The molecule has 0 unspecified atom stereocenters. The van der Waals surface area contributed by atoms with Gasteiger partial charge in [0.15, 0.2) is 0 Å². The Labute approximate surface area is 98.8 Å². The minimum absolute atomic E-state index is 0.0587. The summed E-state index contributed by atoms with van der Waals surface area (Å²) in [4.78, 5) is 13.3. The van der Waals surface area contributed by atoms with Crippen molar-refractivity contribution in [2.45, 2.75) is 18.9 Å². The van der Waals surface area contributed by atoms with Gasteiger partial charge in [-0.25, -0.2) is 4.39 Å². The lowest BCUT2D eigenvalue weighted by atomic mass is 10.0. The topological polar surface area (TPSA) is 66.6 Å². The van der Waals surface area contributed by atoms with Crippen molar-refractivity contribution in [3.63, 3.8) is 0 Å². The summed E-state index contributed by atoms with van der Waals surface area (Å²) < 4.78 is 13.1. The Kier molecular flexibility index (Phi) is 3.40. The third kappa shape index (κ3) is 2.45. The number of halogens is 1.